The summed E-state index contributed by atoms with van der Waals surface area (Å²) in [5.74, 6) is -0.629. The van der Waals surface area contributed by atoms with E-state index in [9.17, 15) is 31.1 Å². The zero-order valence-electron chi connectivity index (χ0n) is 22.6. The molecule has 3 heterocycles. The Labute approximate surface area is 247 Å². The van der Waals surface area contributed by atoms with Crippen molar-refractivity contribution in [3.05, 3.63) is 147 Å². The van der Waals surface area contributed by atoms with Crippen molar-refractivity contribution in [2.45, 2.75) is 24.7 Å². The van der Waals surface area contributed by atoms with Gasteiger partial charge >= 0.3 is 12.4 Å². The first kappa shape index (κ1) is 27.9. The Morgan fingerprint density at radius 3 is 1.82 bits per heavy atom. The molecule has 2 atom stereocenters. The van der Waals surface area contributed by atoms with Gasteiger partial charge in [0.2, 0.25) is 5.78 Å². The molecule has 7 rings (SSSR count). The van der Waals surface area contributed by atoms with Crippen molar-refractivity contribution in [3.63, 3.8) is 0 Å². The summed E-state index contributed by atoms with van der Waals surface area (Å²) < 4.78 is 81.5. The van der Waals surface area contributed by atoms with Crippen molar-refractivity contribution in [2.75, 3.05) is 0 Å². The van der Waals surface area contributed by atoms with Gasteiger partial charge in [-0.25, -0.2) is 10.9 Å². The molecule has 5 nitrogen and oxygen atoms in total. The standard InChI is InChI=1S/C33H22F6N4O/c34-32(35,36)23-11-5-9-21(15-23)27-17-19-7-1-3-13-25(19)30-41-43-28(29(44)22-10-6-12-24(16-22)33(37,38)39)18-20-8-2-4-14-26(20)31(43)40-42(27)30/h1-18,30-31,40-41H/t30-,31+/m0/s1. The van der Waals surface area contributed by atoms with E-state index in [-0.39, 0.29) is 11.3 Å². The molecule has 3 aliphatic heterocycles. The molecule has 44 heavy (non-hydrogen) atoms. The first-order valence-corrected chi connectivity index (χ1v) is 13.6. The Hall–Kier alpha value is -4.87. The Bertz CT molecular complexity index is 1860. The van der Waals surface area contributed by atoms with Gasteiger partial charge in [0, 0.05) is 5.56 Å². The number of ketones is 1. The maximum atomic E-state index is 13.9. The second kappa shape index (κ2) is 10.1. The summed E-state index contributed by atoms with van der Waals surface area (Å²) in [6, 6.07) is 23.9. The molecular formula is C33H22F6N4O. The van der Waals surface area contributed by atoms with Crippen molar-refractivity contribution >= 4 is 23.6 Å². The molecule has 0 amide bonds. The predicted octanol–water partition coefficient (Wildman–Crippen LogP) is 7.80. The van der Waals surface area contributed by atoms with Gasteiger partial charge in [-0.2, -0.15) is 26.3 Å². The molecule has 3 aliphatic rings. The lowest BCUT2D eigenvalue weighted by atomic mass is 9.93. The van der Waals surface area contributed by atoms with Crippen molar-refractivity contribution in [3.8, 4) is 0 Å². The summed E-state index contributed by atoms with van der Waals surface area (Å²) in [6.45, 7) is 0. The van der Waals surface area contributed by atoms with E-state index in [1.165, 1.54) is 18.2 Å². The predicted molar refractivity (Wildman–Crippen MR) is 151 cm³/mol. The van der Waals surface area contributed by atoms with Crippen molar-refractivity contribution in [2.24, 2.45) is 0 Å². The lowest BCUT2D eigenvalue weighted by molar-refractivity contribution is -0.138. The average Bonchev–Trinajstić information content (AvgIpc) is 3.02. The van der Waals surface area contributed by atoms with Crippen LogP contribution in [-0.4, -0.2) is 15.8 Å². The van der Waals surface area contributed by atoms with E-state index >= 15 is 0 Å². The zero-order chi connectivity index (χ0) is 30.8. The number of fused-ring (bicyclic) bond motifs is 6. The topological polar surface area (TPSA) is 47.6 Å². The second-order valence-electron chi connectivity index (χ2n) is 10.6. The highest BCUT2D eigenvalue weighted by Gasteiger charge is 2.44. The molecule has 0 spiro atoms. The first-order valence-electron chi connectivity index (χ1n) is 13.6. The summed E-state index contributed by atoms with van der Waals surface area (Å²) in [5.41, 5.74) is 8.74. The van der Waals surface area contributed by atoms with Crippen LogP contribution >= 0.6 is 0 Å². The third kappa shape index (κ3) is 4.74. The van der Waals surface area contributed by atoms with Gasteiger partial charge < -0.3 is 0 Å². The van der Waals surface area contributed by atoms with Gasteiger partial charge in [-0.15, -0.1) is 0 Å². The van der Waals surface area contributed by atoms with Crippen LogP contribution in [0.5, 0.6) is 0 Å². The van der Waals surface area contributed by atoms with Crippen LogP contribution in [0.25, 0.3) is 17.8 Å². The molecule has 0 aliphatic carbocycles. The molecule has 4 aromatic rings. The van der Waals surface area contributed by atoms with Crippen LogP contribution in [0.3, 0.4) is 0 Å². The van der Waals surface area contributed by atoms with E-state index in [0.717, 1.165) is 41.0 Å². The van der Waals surface area contributed by atoms with Gasteiger partial charge in [-0.3, -0.25) is 14.8 Å². The number of nitrogens with one attached hydrogen (secondary N) is 2. The van der Waals surface area contributed by atoms with Gasteiger partial charge in [0.05, 0.1) is 16.8 Å². The number of rotatable bonds is 3. The normalized spacial score (nSPS) is 19.2. The molecule has 1 saturated heterocycles. The highest BCUT2D eigenvalue weighted by molar-refractivity contribution is 6.11. The Morgan fingerprint density at radius 2 is 1.16 bits per heavy atom. The third-order valence-corrected chi connectivity index (χ3v) is 7.89. The second-order valence-corrected chi connectivity index (χ2v) is 10.6. The van der Waals surface area contributed by atoms with Crippen LogP contribution in [0.15, 0.2) is 103 Å². The fourth-order valence-electron chi connectivity index (χ4n) is 5.82. The lowest BCUT2D eigenvalue weighted by Crippen LogP contribution is -2.64. The number of benzene rings is 4. The maximum absolute atomic E-state index is 13.9. The largest absolute Gasteiger partial charge is 0.416 e. The number of carbonyl (C=O) groups excluding carboxylic acids is 1. The monoisotopic (exact) mass is 604 g/mol. The minimum atomic E-state index is -4.63. The fourth-order valence-corrected chi connectivity index (χ4v) is 5.82. The van der Waals surface area contributed by atoms with E-state index in [2.05, 4.69) is 10.9 Å². The van der Waals surface area contributed by atoms with Gasteiger partial charge in [-0.05, 0) is 64.2 Å². The van der Waals surface area contributed by atoms with Crippen molar-refractivity contribution < 1.29 is 31.1 Å². The number of alkyl halides is 6. The molecule has 11 heteroatoms. The Morgan fingerprint density at radius 1 is 0.614 bits per heavy atom. The van der Waals surface area contributed by atoms with E-state index in [4.69, 9.17) is 0 Å². The number of hydrazine groups is 2. The fraction of sp³-hybridized carbons (Fsp3) is 0.121. The molecule has 0 unspecified atom stereocenters. The maximum Gasteiger partial charge on any atom is 0.416 e. The molecule has 0 bridgehead atoms. The van der Waals surface area contributed by atoms with Crippen LogP contribution in [0.2, 0.25) is 0 Å². The molecule has 0 saturated carbocycles. The Kier molecular flexibility index (Phi) is 6.41. The highest BCUT2D eigenvalue weighted by Crippen LogP contribution is 2.44. The molecule has 0 radical (unpaired) electrons. The summed E-state index contributed by atoms with van der Waals surface area (Å²) in [4.78, 5) is 13.9. The van der Waals surface area contributed by atoms with E-state index < -0.39 is 41.6 Å². The number of hydrogen-bond acceptors (Lipinski definition) is 5. The summed E-state index contributed by atoms with van der Waals surface area (Å²) in [5, 5.41) is 3.31. The molecule has 222 valence electrons. The average molecular weight is 605 g/mol. The van der Waals surface area contributed by atoms with Gasteiger partial charge in [0.15, 0.2) is 0 Å². The molecular weight excluding hydrogens is 582 g/mol. The van der Waals surface area contributed by atoms with E-state index in [1.54, 1.807) is 40.4 Å². The molecule has 4 aromatic carbocycles. The van der Waals surface area contributed by atoms with Gasteiger partial charge in [0.25, 0.3) is 0 Å². The minimum absolute atomic E-state index is 0.104. The van der Waals surface area contributed by atoms with Crippen LogP contribution in [0.4, 0.5) is 26.3 Å². The number of nitrogens with zero attached hydrogens (tertiary/aromatic N) is 2. The SMILES string of the molecule is O=C(C1=Cc2ccccc2[C@@H]2NN3C(c4cccc(C(F)(F)F)c4)=Cc4ccccc4[C@H]3NN12)c1cccc(C(F)(F)F)c1. The van der Waals surface area contributed by atoms with Crippen molar-refractivity contribution in [1.29, 1.82) is 0 Å². The number of hydrogen-bond donors (Lipinski definition) is 2. The molecule has 1 fully saturated rings. The minimum Gasteiger partial charge on any atom is -0.287 e. The van der Waals surface area contributed by atoms with E-state index in [0.29, 0.717) is 16.8 Å². The number of carbonyl (C=O) groups is 1. The Balaban J connectivity index is 1.34. The van der Waals surface area contributed by atoms with Crippen LogP contribution in [0, 0.1) is 0 Å². The van der Waals surface area contributed by atoms with Crippen LogP contribution in [-0.2, 0) is 12.4 Å². The summed E-state index contributed by atoms with van der Waals surface area (Å²) >= 11 is 0. The van der Waals surface area contributed by atoms with Crippen LogP contribution in [0.1, 0.15) is 61.6 Å². The van der Waals surface area contributed by atoms with Gasteiger partial charge in [0.1, 0.15) is 18.0 Å². The zero-order valence-corrected chi connectivity index (χ0v) is 22.6. The number of allylic oxidation sites excluding steroid dienone is 1. The molecule has 2 N–H and O–H groups in total. The van der Waals surface area contributed by atoms with Gasteiger partial charge in [-0.1, -0.05) is 72.8 Å². The summed E-state index contributed by atoms with van der Waals surface area (Å²) in [7, 11) is 0. The molecule has 0 aromatic heterocycles. The highest BCUT2D eigenvalue weighted by atomic mass is 19.4. The lowest BCUT2D eigenvalue weighted by Gasteiger charge is -2.53. The first-order chi connectivity index (χ1) is 21.0. The third-order valence-electron chi connectivity index (χ3n) is 7.89. The van der Waals surface area contributed by atoms with Crippen molar-refractivity contribution in [1.82, 2.24) is 20.9 Å². The number of Topliss-reactive ketones (excluding diaryl/α,β-unsaturated/α-hetero) is 1. The smallest absolute Gasteiger partial charge is 0.287 e. The number of halogens is 6. The van der Waals surface area contributed by atoms with E-state index in [1.807, 2.05) is 36.4 Å². The summed E-state index contributed by atoms with van der Waals surface area (Å²) in [6.07, 6.45) is -7.19. The quantitative estimate of drug-likeness (QED) is 0.185. The van der Waals surface area contributed by atoms with Crippen LogP contribution < -0.4 is 10.9 Å².